The van der Waals surface area contributed by atoms with Crippen LogP contribution in [0.1, 0.15) is 39.5 Å². The molecule has 6 rings (SSSR count). The predicted octanol–water partition coefficient (Wildman–Crippen LogP) is 1.32. The zero-order valence-corrected chi connectivity index (χ0v) is 22.2. The maximum Gasteiger partial charge on any atom is 0.136 e. The average Bonchev–Trinajstić information content (AvgIpc) is 3.28. The van der Waals surface area contributed by atoms with Gasteiger partial charge in [0.25, 0.3) is 0 Å². The van der Waals surface area contributed by atoms with E-state index in [1.165, 1.54) is 0 Å². The summed E-state index contributed by atoms with van der Waals surface area (Å²) < 4.78 is 31.1. The Bertz CT molecular complexity index is 844. The van der Waals surface area contributed by atoms with Crippen molar-refractivity contribution in [1.82, 2.24) is 4.90 Å². The molecule has 7 bridgehead atoms. The van der Waals surface area contributed by atoms with E-state index in [1.807, 2.05) is 14.0 Å². The van der Waals surface area contributed by atoms with E-state index in [4.69, 9.17) is 23.7 Å². The minimum absolute atomic E-state index is 0.0272. The van der Waals surface area contributed by atoms with Crippen LogP contribution in [-0.4, -0.2) is 112 Å². The number of likely N-dealkylation sites (tertiary alicyclic amines) is 1. The van der Waals surface area contributed by atoms with Crippen molar-refractivity contribution in [3.8, 4) is 0 Å². The fraction of sp³-hybridized carbons (Fsp3) is 1.00. The molecule has 200 valence electrons. The van der Waals surface area contributed by atoms with Gasteiger partial charge >= 0.3 is 0 Å². The number of piperidine rings is 1. The molecule has 0 aromatic rings. The number of fused-ring (bicyclic) bond motifs is 2. The number of likely N-dealkylation sites (N-methyl/N-ethyl adjacent to an activating group) is 1. The highest BCUT2D eigenvalue weighted by molar-refractivity contribution is 5.41. The second-order valence-corrected chi connectivity index (χ2v) is 12.3. The standard InChI is InChI=1S/C27H45NO7/c1-7-28-13-24(14-35-8-2)10-9-18(32-4)26-16-11-15-17(31-3)12-25(29,19(16)20(15)33-5)27(30,23(26)28)22(34-6)21(24)26/h15-23,29-30H,7-14H2,1-6H3/t15-,16-,17+,18+,19-,20+,21-,22+,23?,24+,25-,26+,27-/m1/s1. The number of rotatable bonds is 8. The molecule has 13 atom stereocenters. The van der Waals surface area contributed by atoms with E-state index in [9.17, 15) is 10.2 Å². The van der Waals surface area contributed by atoms with Gasteiger partial charge in [0.05, 0.1) is 37.1 Å². The fourth-order valence-corrected chi connectivity index (χ4v) is 11.3. The van der Waals surface area contributed by atoms with Crippen LogP contribution in [-0.2, 0) is 23.7 Å². The summed E-state index contributed by atoms with van der Waals surface area (Å²) in [6.07, 6.45) is 2.31. The van der Waals surface area contributed by atoms with E-state index < -0.39 is 17.3 Å². The van der Waals surface area contributed by atoms with E-state index >= 15 is 0 Å². The molecule has 2 N–H and O–H groups in total. The molecular formula is C27H45NO7. The summed E-state index contributed by atoms with van der Waals surface area (Å²) in [7, 11) is 7.01. The Morgan fingerprint density at radius 1 is 1.00 bits per heavy atom. The number of methoxy groups -OCH3 is 4. The Balaban J connectivity index is 1.65. The van der Waals surface area contributed by atoms with Gasteiger partial charge in [-0.2, -0.15) is 0 Å². The number of hydrogen-bond acceptors (Lipinski definition) is 8. The number of nitrogens with zero attached hydrogens (tertiary/aromatic N) is 1. The molecule has 1 heterocycles. The molecule has 5 aliphatic carbocycles. The molecule has 0 aromatic carbocycles. The number of aliphatic hydroxyl groups is 2. The normalized spacial score (nSPS) is 58.1. The largest absolute Gasteiger partial charge is 0.386 e. The third-order valence-corrected chi connectivity index (χ3v) is 11.9. The van der Waals surface area contributed by atoms with Crippen molar-refractivity contribution < 1.29 is 33.9 Å². The third kappa shape index (κ3) is 2.53. The third-order valence-electron chi connectivity index (χ3n) is 11.9. The zero-order chi connectivity index (χ0) is 25.0. The molecule has 1 unspecified atom stereocenters. The van der Waals surface area contributed by atoms with E-state index in [1.54, 1.807) is 21.3 Å². The lowest BCUT2D eigenvalue weighted by Crippen LogP contribution is -2.82. The topological polar surface area (TPSA) is 89.9 Å². The molecule has 6 fully saturated rings. The molecule has 0 radical (unpaired) electrons. The van der Waals surface area contributed by atoms with Gasteiger partial charge in [0, 0.05) is 76.6 Å². The maximum atomic E-state index is 13.1. The van der Waals surface area contributed by atoms with E-state index in [0.29, 0.717) is 19.6 Å². The highest BCUT2D eigenvalue weighted by atomic mass is 16.5. The molecule has 1 saturated heterocycles. The summed E-state index contributed by atoms with van der Waals surface area (Å²) in [5, 5.41) is 26.0. The molecular weight excluding hydrogens is 450 g/mol. The van der Waals surface area contributed by atoms with Crippen LogP contribution in [0.3, 0.4) is 0 Å². The van der Waals surface area contributed by atoms with Crippen molar-refractivity contribution in [1.29, 1.82) is 0 Å². The molecule has 1 aliphatic heterocycles. The van der Waals surface area contributed by atoms with Crippen LogP contribution in [0.5, 0.6) is 0 Å². The van der Waals surface area contributed by atoms with Crippen LogP contribution in [0, 0.1) is 34.5 Å². The van der Waals surface area contributed by atoms with Gasteiger partial charge in [-0.25, -0.2) is 0 Å². The average molecular weight is 496 g/mol. The zero-order valence-electron chi connectivity index (χ0n) is 22.2. The predicted molar refractivity (Wildman–Crippen MR) is 128 cm³/mol. The van der Waals surface area contributed by atoms with Gasteiger partial charge in [0.1, 0.15) is 11.2 Å². The minimum Gasteiger partial charge on any atom is -0.386 e. The minimum atomic E-state index is -1.47. The number of hydrogen-bond donors (Lipinski definition) is 2. The van der Waals surface area contributed by atoms with E-state index in [2.05, 4.69) is 11.8 Å². The molecule has 0 amide bonds. The van der Waals surface area contributed by atoms with Crippen LogP contribution in [0.4, 0.5) is 0 Å². The summed E-state index contributed by atoms with van der Waals surface area (Å²) in [4.78, 5) is 2.45. The number of ether oxygens (including phenoxy) is 5. The van der Waals surface area contributed by atoms with Crippen molar-refractivity contribution in [2.75, 3.05) is 54.7 Å². The Hall–Kier alpha value is -0.320. The van der Waals surface area contributed by atoms with E-state index in [-0.39, 0.29) is 58.9 Å². The highest BCUT2D eigenvalue weighted by Gasteiger charge is 2.91. The lowest BCUT2D eigenvalue weighted by atomic mass is 9.42. The highest BCUT2D eigenvalue weighted by Crippen LogP contribution is 2.80. The fourth-order valence-electron chi connectivity index (χ4n) is 11.3. The molecule has 8 nitrogen and oxygen atoms in total. The first kappa shape index (κ1) is 25.0. The van der Waals surface area contributed by atoms with Gasteiger partial charge in [0.2, 0.25) is 0 Å². The van der Waals surface area contributed by atoms with Crippen molar-refractivity contribution >= 4 is 0 Å². The Morgan fingerprint density at radius 2 is 1.77 bits per heavy atom. The molecule has 35 heavy (non-hydrogen) atoms. The van der Waals surface area contributed by atoms with Crippen LogP contribution in [0.15, 0.2) is 0 Å². The first-order valence-electron chi connectivity index (χ1n) is 13.7. The van der Waals surface area contributed by atoms with Crippen molar-refractivity contribution in [2.24, 2.45) is 34.5 Å². The maximum absolute atomic E-state index is 13.1. The van der Waals surface area contributed by atoms with Crippen LogP contribution in [0.25, 0.3) is 0 Å². The Morgan fingerprint density at radius 3 is 2.37 bits per heavy atom. The lowest BCUT2D eigenvalue weighted by molar-refractivity contribution is -0.320. The van der Waals surface area contributed by atoms with Crippen LogP contribution < -0.4 is 0 Å². The first-order valence-corrected chi connectivity index (χ1v) is 13.7. The molecule has 8 heteroatoms. The van der Waals surface area contributed by atoms with Gasteiger partial charge in [-0.1, -0.05) is 6.92 Å². The van der Waals surface area contributed by atoms with Gasteiger partial charge in [-0.15, -0.1) is 0 Å². The molecule has 6 aliphatic rings. The second kappa shape index (κ2) is 8.09. The second-order valence-electron chi connectivity index (χ2n) is 12.3. The summed E-state index contributed by atoms with van der Waals surface area (Å²) in [5.41, 5.74) is -3.38. The Kier molecular flexibility index (Phi) is 5.78. The van der Waals surface area contributed by atoms with Crippen molar-refractivity contribution in [3.63, 3.8) is 0 Å². The summed E-state index contributed by atoms with van der Waals surface area (Å²) in [6, 6.07) is -0.256. The first-order chi connectivity index (χ1) is 16.8. The molecule has 0 aromatic heterocycles. The SMILES string of the molecule is CCOC[C@]12CC[C@H](OC)[C@]34C(N(CC)C1)[C@](O)([C@@H](OC)[C@H]23)[C@@]1(O)C[C@H](OC)[C@H]2C[C@@H]4[C@@H]1[C@H]2OC. The summed E-state index contributed by atoms with van der Waals surface area (Å²) in [6.45, 7) is 7.16. The monoisotopic (exact) mass is 495 g/mol. The summed E-state index contributed by atoms with van der Waals surface area (Å²) in [5.74, 6) is 0.166. The van der Waals surface area contributed by atoms with Crippen LogP contribution in [0.2, 0.25) is 0 Å². The molecule has 5 saturated carbocycles. The smallest absolute Gasteiger partial charge is 0.136 e. The van der Waals surface area contributed by atoms with Gasteiger partial charge in [-0.05, 0) is 38.6 Å². The van der Waals surface area contributed by atoms with Crippen molar-refractivity contribution in [2.45, 2.75) is 81.2 Å². The summed E-state index contributed by atoms with van der Waals surface area (Å²) >= 11 is 0. The van der Waals surface area contributed by atoms with Crippen molar-refractivity contribution in [3.05, 3.63) is 0 Å². The van der Waals surface area contributed by atoms with Gasteiger partial charge < -0.3 is 33.9 Å². The lowest BCUT2D eigenvalue weighted by Gasteiger charge is -2.70. The quantitative estimate of drug-likeness (QED) is 0.521. The Labute approximate surface area is 209 Å². The van der Waals surface area contributed by atoms with Crippen LogP contribution >= 0.6 is 0 Å². The molecule has 1 spiro atoms. The van der Waals surface area contributed by atoms with Gasteiger partial charge in [0.15, 0.2) is 0 Å². The van der Waals surface area contributed by atoms with E-state index in [0.717, 1.165) is 32.4 Å². The van der Waals surface area contributed by atoms with Gasteiger partial charge in [-0.3, -0.25) is 4.90 Å².